The number of aromatic nitrogens is 2. The molecule has 35 heavy (non-hydrogen) atoms. The minimum absolute atomic E-state index is 0. The lowest BCUT2D eigenvalue weighted by atomic mass is 9.99. The molecule has 3 N–H and O–H groups in total. The summed E-state index contributed by atoms with van der Waals surface area (Å²) in [5, 5.41) is 0. The van der Waals surface area contributed by atoms with E-state index in [0.29, 0.717) is 25.5 Å². The summed E-state index contributed by atoms with van der Waals surface area (Å²) in [6, 6.07) is 21.6. The molecule has 0 atom stereocenters. The van der Waals surface area contributed by atoms with Crippen LogP contribution in [0.1, 0.15) is 23.1 Å². The summed E-state index contributed by atoms with van der Waals surface area (Å²) in [5.74, 6) is 0.780. The van der Waals surface area contributed by atoms with Crippen LogP contribution in [0, 0.1) is 6.92 Å². The molecule has 8 nitrogen and oxygen atoms in total. The van der Waals surface area contributed by atoms with Crippen molar-refractivity contribution in [2.24, 2.45) is 5.73 Å². The van der Waals surface area contributed by atoms with Crippen molar-refractivity contribution in [3.63, 3.8) is 0 Å². The number of rotatable bonds is 10. The summed E-state index contributed by atoms with van der Waals surface area (Å²) >= 11 is 0. The van der Waals surface area contributed by atoms with Gasteiger partial charge in [-0.1, -0.05) is 36.4 Å². The van der Waals surface area contributed by atoms with Crippen LogP contribution < -0.4 is 26.7 Å². The molecule has 184 valence electrons. The molecule has 0 aliphatic heterocycles. The highest BCUT2D eigenvalue weighted by atomic mass is 35.5. The fourth-order valence-corrected chi connectivity index (χ4v) is 3.59. The van der Waals surface area contributed by atoms with Crippen molar-refractivity contribution in [1.82, 2.24) is 9.72 Å². The van der Waals surface area contributed by atoms with Crippen LogP contribution >= 0.6 is 12.4 Å². The van der Waals surface area contributed by atoms with E-state index in [-0.39, 0.29) is 19.0 Å². The SMILES string of the molecule is Cc1cc(OCCCN)ccc1-c1cccc(COc2ccc(Cn3oc(=O)[nH]c3=O)cc2)c1.Cl. The molecule has 0 fully saturated rings. The number of H-pyrrole nitrogens is 1. The Kier molecular flexibility index (Phi) is 8.94. The van der Waals surface area contributed by atoms with Crippen molar-refractivity contribution in [2.45, 2.75) is 26.5 Å². The van der Waals surface area contributed by atoms with Crippen LogP contribution in [0.25, 0.3) is 11.1 Å². The van der Waals surface area contributed by atoms with E-state index in [1.54, 1.807) is 0 Å². The van der Waals surface area contributed by atoms with Crippen molar-refractivity contribution in [3.05, 3.63) is 104 Å². The molecule has 3 aromatic carbocycles. The number of hydrogen-bond acceptors (Lipinski definition) is 6. The molecule has 0 saturated heterocycles. The molecule has 1 aromatic heterocycles. The molecule has 0 saturated carbocycles. The van der Waals surface area contributed by atoms with Gasteiger partial charge in [-0.3, -0.25) is 0 Å². The van der Waals surface area contributed by atoms with Gasteiger partial charge in [0.05, 0.1) is 13.2 Å². The topological polar surface area (TPSA) is 112 Å². The molecule has 0 amide bonds. The first-order valence-electron chi connectivity index (χ1n) is 11.1. The van der Waals surface area contributed by atoms with Gasteiger partial charge in [0.2, 0.25) is 0 Å². The van der Waals surface area contributed by atoms with Crippen molar-refractivity contribution < 1.29 is 14.0 Å². The van der Waals surface area contributed by atoms with Crippen LogP contribution in [0.4, 0.5) is 0 Å². The molecule has 9 heteroatoms. The highest BCUT2D eigenvalue weighted by molar-refractivity contribution is 5.85. The Balaban J connectivity index is 0.00000342. The number of ether oxygens (including phenoxy) is 2. The lowest BCUT2D eigenvalue weighted by molar-refractivity contribution is 0.258. The molecule has 0 aliphatic carbocycles. The largest absolute Gasteiger partial charge is 0.494 e. The van der Waals surface area contributed by atoms with Gasteiger partial charge in [0.1, 0.15) is 18.1 Å². The Labute approximate surface area is 208 Å². The number of hydrogen-bond donors (Lipinski definition) is 2. The summed E-state index contributed by atoms with van der Waals surface area (Å²) in [5.41, 5.74) is 10.2. The third kappa shape index (κ3) is 6.88. The number of nitrogens with one attached hydrogen (secondary N) is 1. The second kappa shape index (κ2) is 12.1. The maximum Gasteiger partial charge on any atom is 0.440 e. The molecule has 0 unspecified atom stereocenters. The third-order valence-electron chi connectivity index (χ3n) is 5.34. The summed E-state index contributed by atoms with van der Waals surface area (Å²) in [7, 11) is 0. The Bertz CT molecular complexity index is 1360. The second-order valence-electron chi connectivity index (χ2n) is 7.95. The maximum atomic E-state index is 11.6. The molecule has 4 rings (SSSR count). The normalized spacial score (nSPS) is 10.6. The highest BCUT2D eigenvalue weighted by Gasteiger charge is 2.07. The fourth-order valence-electron chi connectivity index (χ4n) is 3.59. The number of halogens is 1. The molecule has 0 radical (unpaired) electrons. The average Bonchev–Trinajstić information content (AvgIpc) is 3.15. The van der Waals surface area contributed by atoms with Crippen molar-refractivity contribution >= 4 is 12.4 Å². The average molecular weight is 498 g/mol. The Morgan fingerprint density at radius 1 is 0.943 bits per heavy atom. The number of nitrogens with two attached hydrogens (primary N) is 1. The van der Waals surface area contributed by atoms with Crippen LogP contribution in [0.2, 0.25) is 0 Å². The smallest absolute Gasteiger partial charge is 0.440 e. The zero-order valence-electron chi connectivity index (χ0n) is 19.4. The lowest BCUT2D eigenvalue weighted by Gasteiger charge is -2.12. The van der Waals surface area contributed by atoms with E-state index in [1.807, 2.05) is 48.5 Å². The van der Waals surface area contributed by atoms with E-state index >= 15 is 0 Å². The molecule has 0 aliphatic rings. The summed E-state index contributed by atoms with van der Waals surface area (Å²) in [6.07, 6.45) is 0.830. The van der Waals surface area contributed by atoms with Gasteiger partial charge in [0.25, 0.3) is 0 Å². The molecule has 1 heterocycles. The zero-order chi connectivity index (χ0) is 23.9. The van der Waals surface area contributed by atoms with Gasteiger partial charge in [0.15, 0.2) is 0 Å². The molecular formula is C26H28ClN3O5. The molecule has 0 bridgehead atoms. The molecular weight excluding hydrogens is 470 g/mol. The Morgan fingerprint density at radius 3 is 2.40 bits per heavy atom. The van der Waals surface area contributed by atoms with Crippen LogP contribution in [-0.4, -0.2) is 22.9 Å². The maximum absolute atomic E-state index is 11.6. The highest BCUT2D eigenvalue weighted by Crippen LogP contribution is 2.28. The van der Waals surface area contributed by atoms with Crippen LogP contribution in [0.5, 0.6) is 11.5 Å². The van der Waals surface area contributed by atoms with Crippen LogP contribution in [0.3, 0.4) is 0 Å². The first kappa shape index (κ1) is 25.9. The quantitative estimate of drug-likeness (QED) is 0.321. The fraction of sp³-hybridized carbons (Fsp3) is 0.231. The van der Waals surface area contributed by atoms with Crippen molar-refractivity contribution in [3.8, 4) is 22.6 Å². The van der Waals surface area contributed by atoms with E-state index in [4.69, 9.17) is 19.7 Å². The van der Waals surface area contributed by atoms with Gasteiger partial charge in [-0.25, -0.2) is 14.6 Å². The standard InChI is InChI=1S/C26H27N3O5.ClH/c1-18-14-23(32-13-3-12-27)10-11-24(18)21-5-2-4-20(15-21)17-33-22-8-6-19(7-9-22)16-29-25(30)28-26(31)34-29;/h2,4-11,14-15H,3,12-13,16-17,27H2,1H3,(H,28,30,31);1H. The van der Waals surface area contributed by atoms with E-state index < -0.39 is 11.4 Å². The predicted molar refractivity (Wildman–Crippen MR) is 136 cm³/mol. The zero-order valence-corrected chi connectivity index (χ0v) is 20.2. The molecule has 0 spiro atoms. The minimum atomic E-state index is -0.769. The first-order chi connectivity index (χ1) is 16.5. The van der Waals surface area contributed by atoms with Crippen molar-refractivity contribution in [1.29, 1.82) is 0 Å². The minimum Gasteiger partial charge on any atom is -0.494 e. The van der Waals surface area contributed by atoms with E-state index in [9.17, 15) is 9.59 Å². The number of benzene rings is 3. The van der Waals surface area contributed by atoms with E-state index in [1.165, 1.54) is 0 Å². The molecule has 4 aromatic rings. The van der Waals surface area contributed by atoms with Crippen LogP contribution in [0.15, 0.2) is 80.8 Å². The van der Waals surface area contributed by atoms with Gasteiger partial charge >= 0.3 is 11.4 Å². The number of aryl methyl sites for hydroxylation is 1. The summed E-state index contributed by atoms with van der Waals surface area (Å²) in [4.78, 5) is 24.7. The Hall–Kier alpha value is -3.75. The Morgan fingerprint density at radius 2 is 1.71 bits per heavy atom. The number of nitrogens with zero attached hydrogens (tertiary/aromatic N) is 1. The van der Waals surface area contributed by atoms with Crippen LogP contribution in [-0.2, 0) is 13.2 Å². The van der Waals surface area contributed by atoms with Gasteiger partial charge in [-0.2, -0.15) is 0 Å². The van der Waals surface area contributed by atoms with E-state index in [2.05, 4.69) is 30.1 Å². The third-order valence-corrected chi connectivity index (χ3v) is 5.34. The van der Waals surface area contributed by atoms with Gasteiger partial charge < -0.3 is 19.7 Å². The van der Waals surface area contributed by atoms with Gasteiger partial charge in [0, 0.05) is 0 Å². The van der Waals surface area contributed by atoms with Gasteiger partial charge in [-0.05, 0) is 78.0 Å². The van der Waals surface area contributed by atoms with Crippen molar-refractivity contribution in [2.75, 3.05) is 13.2 Å². The first-order valence-corrected chi connectivity index (χ1v) is 11.1. The summed E-state index contributed by atoms with van der Waals surface area (Å²) in [6.45, 7) is 3.88. The predicted octanol–water partition coefficient (Wildman–Crippen LogP) is 3.88. The summed E-state index contributed by atoms with van der Waals surface area (Å²) < 4.78 is 17.4. The second-order valence-corrected chi connectivity index (χ2v) is 7.95. The lowest BCUT2D eigenvalue weighted by Crippen LogP contribution is -2.17. The number of aromatic amines is 1. The van der Waals surface area contributed by atoms with Gasteiger partial charge in [-0.15, -0.1) is 17.1 Å². The van der Waals surface area contributed by atoms with E-state index in [0.717, 1.165) is 44.7 Å². The monoisotopic (exact) mass is 497 g/mol.